The van der Waals surface area contributed by atoms with E-state index in [1.807, 2.05) is 0 Å². The number of nitrogens with zero attached hydrogens (tertiary/aromatic N) is 1. The Morgan fingerprint density at radius 1 is 1.25 bits per heavy atom. The molecule has 1 fully saturated rings. The SMILES string of the molecule is CCCCN(C1CC1)C(c1ccc(Br)cc1)C(N)CC. The molecule has 1 saturated carbocycles. The van der Waals surface area contributed by atoms with Crippen molar-refractivity contribution >= 4 is 15.9 Å². The molecule has 1 aliphatic rings. The fraction of sp³-hybridized carbons (Fsp3) is 0.647. The molecule has 2 atom stereocenters. The van der Waals surface area contributed by atoms with Crippen LogP contribution in [0, 0.1) is 0 Å². The predicted octanol–water partition coefficient (Wildman–Crippen LogP) is 4.49. The first-order valence-corrected chi connectivity index (χ1v) is 8.73. The first kappa shape index (κ1) is 16.0. The summed E-state index contributed by atoms with van der Waals surface area (Å²) in [4.78, 5) is 2.67. The largest absolute Gasteiger partial charge is 0.326 e. The second kappa shape index (κ2) is 7.58. The van der Waals surface area contributed by atoms with Crippen LogP contribution in [0.25, 0.3) is 0 Å². The molecular formula is C17H27BrN2. The van der Waals surface area contributed by atoms with Gasteiger partial charge < -0.3 is 5.73 Å². The molecule has 2 N–H and O–H groups in total. The maximum absolute atomic E-state index is 6.47. The van der Waals surface area contributed by atoms with Gasteiger partial charge in [0.15, 0.2) is 0 Å². The van der Waals surface area contributed by atoms with E-state index in [0.717, 1.165) is 16.9 Å². The Hall–Kier alpha value is -0.380. The summed E-state index contributed by atoms with van der Waals surface area (Å²) in [5.41, 5.74) is 7.84. The summed E-state index contributed by atoms with van der Waals surface area (Å²) < 4.78 is 1.14. The molecule has 1 aromatic carbocycles. The van der Waals surface area contributed by atoms with Crippen LogP contribution in [0.3, 0.4) is 0 Å². The van der Waals surface area contributed by atoms with Crippen LogP contribution in [0.1, 0.15) is 57.6 Å². The summed E-state index contributed by atoms with van der Waals surface area (Å²) >= 11 is 3.52. The summed E-state index contributed by atoms with van der Waals surface area (Å²) in [7, 11) is 0. The Balaban J connectivity index is 2.22. The molecule has 0 saturated heterocycles. The fourth-order valence-corrected chi connectivity index (χ4v) is 3.13. The van der Waals surface area contributed by atoms with Crippen molar-refractivity contribution in [3.05, 3.63) is 34.3 Å². The minimum Gasteiger partial charge on any atom is -0.326 e. The van der Waals surface area contributed by atoms with E-state index < -0.39 is 0 Å². The summed E-state index contributed by atoms with van der Waals surface area (Å²) in [6.07, 6.45) is 6.22. The molecule has 3 heteroatoms. The lowest BCUT2D eigenvalue weighted by Crippen LogP contribution is -2.42. The molecule has 1 aliphatic carbocycles. The number of hydrogen-bond acceptors (Lipinski definition) is 2. The third-order valence-corrected chi connectivity index (χ3v) is 4.76. The van der Waals surface area contributed by atoms with E-state index >= 15 is 0 Å². The smallest absolute Gasteiger partial charge is 0.0502 e. The molecule has 20 heavy (non-hydrogen) atoms. The molecule has 2 nitrogen and oxygen atoms in total. The molecule has 0 aromatic heterocycles. The zero-order valence-corrected chi connectivity index (χ0v) is 14.3. The Bertz CT molecular complexity index is 400. The average Bonchev–Trinajstić information content (AvgIpc) is 3.28. The van der Waals surface area contributed by atoms with Gasteiger partial charge in [0.05, 0.1) is 6.04 Å². The van der Waals surface area contributed by atoms with Crippen molar-refractivity contribution in [1.82, 2.24) is 4.90 Å². The Labute approximate surface area is 131 Å². The van der Waals surface area contributed by atoms with Crippen molar-refractivity contribution in [2.45, 2.75) is 64.1 Å². The minimum atomic E-state index is 0.216. The van der Waals surface area contributed by atoms with E-state index in [-0.39, 0.29) is 6.04 Å². The van der Waals surface area contributed by atoms with Gasteiger partial charge in [-0.05, 0) is 49.9 Å². The summed E-state index contributed by atoms with van der Waals surface area (Å²) in [5.74, 6) is 0. The zero-order chi connectivity index (χ0) is 14.5. The standard InChI is InChI=1S/C17H27BrN2/c1-3-5-12-20(15-10-11-15)17(16(19)4-2)13-6-8-14(18)9-7-13/h6-9,15-17H,3-5,10-12,19H2,1-2H3. The van der Waals surface area contributed by atoms with Crippen LogP contribution >= 0.6 is 15.9 Å². The highest BCUT2D eigenvalue weighted by Crippen LogP contribution is 2.36. The van der Waals surface area contributed by atoms with Gasteiger partial charge in [0.1, 0.15) is 0 Å². The quantitative estimate of drug-likeness (QED) is 0.756. The van der Waals surface area contributed by atoms with E-state index in [2.05, 4.69) is 58.9 Å². The van der Waals surface area contributed by atoms with Gasteiger partial charge in [-0.2, -0.15) is 0 Å². The number of nitrogens with two attached hydrogens (primary N) is 1. The molecule has 2 rings (SSSR count). The summed E-state index contributed by atoms with van der Waals surface area (Å²) in [6, 6.07) is 10.1. The summed E-state index contributed by atoms with van der Waals surface area (Å²) in [6.45, 7) is 5.64. The topological polar surface area (TPSA) is 29.3 Å². The average molecular weight is 339 g/mol. The molecule has 0 spiro atoms. The first-order chi connectivity index (χ1) is 9.67. The van der Waals surface area contributed by atoms with Gasteiger partial charge in [0, 0.05) is 16.6 Å². The number of halogens is 1. The van der Waals surface area contributed by atoms with Crippen LogP contribution in [0.5, 0.6) is 0 Å². The number of unbranched alkanes of at least 4 members (excludes halogenated alkanes) is 1. The second-order valence-electron chi connectivity index (χ2n) is 5.89. The molecule has 2 unspecified atom stereocenters. The third-order valence-electron chi connectivity index (χ3n) is 4.23. The van der Waals surface area contributed by atoms with Gasteiger partial charge in [-0.1, -0.05) is 48.3 Å². The van der Waals surface area contributed by atoms with Gasteiger partial charge in [-0.3, -0.25) is 4.90 Å². The van der Waals surface area contributed by atoms with Crippen LogP contribution in [-0.2, 0) is 0 Å². The highest BCUT2D eigenvalue weighted by atomic mass is 79.9. The maximum atomic E-state index is 6.47. The molecule has 0 amide bonds. The normalized spacial score (nSPS) is 18.2. The number of hydrogen-bond donors (Lipinski definition) is 1. The molecule has 1 aromatic rings. The van der Waals surface area contributed by atoms with E-state index in [0.29, 0.717) is 6.04 Å². The van der Waals surface area contributed by atoms with Crippen molar-refractivity contribution in [3.63, 3.8) is 0 Å². The number of rotatable bonds is 8. The Morgan fingerprint density at radius 2 is 1.90 bits per heavy atom. The lowest BCUT2D eigenvalue weighted by molar-refractivity contribution is 0.157. The van der Waals surface area contributed by atoms with Crippen LogP contribution in [0.2, 0.25) is 0 Å². The second-order valence-corrected chi connectivity index (χ2v) is 6.81. The molecule has 0 heterocycles. The highest BCUT2D eigenvalue weighted by molar-refractivity contribution is 9.10. The molecular weight excluding hydrogens is 312 g/mol. The number of benzene rings is 1. The van der Waals surface area contributed by atoms with Gasteiger partial charge >= 0.3 is 0 Å². The third kappa shape index (κ3) is 4.06. The lowest BCUT2D eigenvalue weighted by Gasteiger charge is -2.36. The highest BCUT2D eigenvalue weighted by Gasteiger charge is 2.36. The van der Waals surface area contributed by atoms with Crippen LogP contribution in [0.15, 0.2) is 28.7 Å². The summed E-state index contributed by atoms with van der Waals surface area (Å²) in [5, 5.41) is 0. The van der Waals surface area contributed by atoms with Crippen LogP contribution in [-0.4, -0.2) is 23.5 Å². The van der Waals surface area contributed by atoms with E-state index in [4.69, 9.17) is 5.73 Å². The lowest BCUT2D eigenvalue weighted by atomic mass is 9.95. The predicted molar refractivity (Wildman–Crippen MR) is 89.8 cm³/mol. The maximum Gasteiger partial charge on any atom is 0.0502 e. The van der Waals surface area contributed by atoms with Crippen LogP contribution < -0.4 is 5.73 Å². The molecule has 0 aliphatic heterocycles. The Kier molecular flexibility index (Phi) is 6.06. The van der Waals surface area contributed by atoms with E-state index in [1.54, 1.807) is 0 Å². The van der Waals surface area contributed by atoms with Crippen molar-refractivity contribution in [2.24, 2.45) is 5.73 Å². The molecule has 0 radical (unpaired) electrons. The zero-order valence-electron chi connectivity index (χ0n) is 12.7. The van der Waals surface area contributed by atoms with E-state index in [9.17, 15) is 0 Å². The fourth-order valence-electron chi connectivity index (χ4n) is 2.86. The Morgan fingerprint density at radius 3 is 2.40 bits per heavy atom. The molecule has 112 valence electrons. The van der Waals surface area contributed by atoms with Crippen molar-refractivity contribution in [3.8, 4) is 0 Å². The van der Waals surface area contributed by atoms with Crippen molar-refractivity contribution in [2.75, 3.05) is 6.54 Å². The monoisotopic (exact) mass is 338 g/mol. The van der Waals surface area contributed by atoms with Gasteiger partial charge in [0.25, 0.3) is 0 Å². The van der Waals surface area contributed by atoms with Gasteiger partial charge in [-0.15, -0.1) is 0 Å². The van der Waals surface area contributed by atoms with Crippen molar-refractivity contribution in [1.29, 1.82) is 0 Å². The van der Waals surface area contributed by atoms with E-state index in [1.165, 1.54) is 37.8 Å². The van der Waals surface area contributed by atoms with Gasteiger partial charge in [0.2, 0.25) is 0 Å². The van der Waals surface area contributed by atoms with Gasteiger partial charge in [-0.25, -0.2) is 0 Å². The first-order valence-electron chi connectivity index (χ1n) is 7.94. The minimum absolute atomic E-state index is 0.216. The van der Waals surface area contributed by atoms with Crippen LogP contribution in [0.4, 0.5) is 0 Å². The molecule has 0 bridgehead atoms. The van der Waals surface area contributed by atoms with Crippen molar-refractivity contribution < 1.29 is 0 Å².